The molecular weight excluding hydrogens is 516 g/mol. The molecule has 0 unspecified atom stereocenters. The van der Waals surface area contributed by atoms with E-state index >= 15 is 0 Å². The van der Waals surface area contributed by atoms with Gasteiger partial charge >= 0.3 is 0 Å². The fourth-order valence-electron chi connectivity index (χ4n) is 7.13. The molecule has 3 saturated carbocycles. The smallest absolute Gasteiger partial charge is 0.101 e. The van der Waals surface area contributed by atoms with E-state index in [2.05, 4.69) is 72.2 Å². The van der Waals surface area contributed by atoms with Crippen molar-refractivity contribution in [3.8, 4) is 12.1 Å². The molecule has 5 rings (SSSR count). The number of nitriles is 2. The highest BCUT2D eigenvalue weighted by Crippen LogP contribution is 2.60. The van der Waals surface area contributed by atoms with Crippen LogP contribution in [0.25, 0.3) is 0 Å². The molecule has 0 radical (unpaired) electrons. The van der Waals surface area contributed by atoms with E-state index in [4.69, 9.17) is 0 Å². The molecule has 0 N–H and O–H groups in total. The third kappa shape index (κ3) is 6.15. The lowest BCUT2D eigenvalue weighted by atomic mass is 9.50. The summed E-state index contributed by atoms with van der Waals surface area (Å²) < 4.78 is 1.19. The van der Waals surface area contributed by atoms with Crippen molar-refractivity contribution in [2.75, 3.05) is 0 Å². The van der Waals surface area contributed by atoms with E-state index in [0.29, 0.717) is 16.5 Å². The first-order valence-electron chi connectivity index (χ1n) is 14.7. The summed E-state index contributed by atoms with van der Waals surface area (Å²) in [5.41, 5.74) is 6.75. The van der Waals surface area contributed by atoms with Crippen molar-refractivity contribution in [1.29, 1.82) is 10.5 Å². The topological polar surface area (TPSA) is 47.6 Å². The molecular formula is C34H43BrN2. The van der Waals surface area contributed by atoms with Gasteiger partial charge in [0.2, 0.25) is 0 Å². The zero-order chi connectivity index (χ0) is 26.3. The lowest BCUT2D eigenvalue weighted by Crippen LogP contribution is -2.44. The number of fused-ring (bicyclic) bond motifs is 3. The van der Waals surface area contributed by atoms with Gasteiger partial charge in [-0.1, -0.05) is 86.1 Å². The van der Waals surface area contributed by atoms with E-state index < -0.39 is 0 Å². The molecule has 37 heavy (non-hydrogen) atoms. The molecule has 2 aromatic carbocycles. The first-order chi connectivity index (χ1) is 18.0. The van der Waals surface area contributed by atoms with Crippen LogP contribution in [0.4, 0.5) is 0 Å². The van der Waals surface area contributed by atoms with Crippen molar-refractivity contribution in [2.45, 2.75) is 122 Å². The summed E-state index contributed by atoms with van der Waals surface area (Å²) in [5.74, 6) is 0. The average molecular weight is 560 g/mol. The lowest BCUT2D eigenvalue weighted by Gasteiger charge is -2.54. The fourth-order valence-corrected chi connectivity index (χ4v) is 7.75. The quantitative estimate of drug-likeness (QED) is 0.243. The molecule has 0 atom stereocenters. The van der Waals surface area contributed by atoms with E-state index in [1.165, 1.54) is 99.1 Å². The highest BCUT2D eigenvalue weighted by atomic mass is 79.9. The Labute approximate surface area is 233 Å². The van der Waals surface area contributed by atoms with Crippen LogP contribution in [0.2, 0.25) is 0 Å². The molecule has 2 aromatic rings. The first-order valence-corrected chi connectivity index (χ1v) is 15.5. The van der Waals surface area contributed by atoms with Gasteiger partial charge in [-0.25, -0.2) is 0 Å². The summed E-state index contributed by atoms with van der Waals surface area (Å²) in [6, 6.07) is 16.0. The normalized spacial score (nSPS) is 22.5. The Morgan fingerprint density at radius 2 is 1.38 bits per heavy atom. The molecule has 0 saturated heterocycles. The van der Waals surface area contributed by atoms with Crippen LogP contribution < -0.4 is 0 Å². The van der Waals surface area contributed by atoms with Gasteiger partial charge in [-0.2, -0.15) is 10.5 Å². The Hall–Kier alpha value is -2.10. The standard InChI is InChI=1S/C34H43BrN2/c1-3-5-7-9-28-13-11-26(23-32(28)35)10-12-27-14-15-31(30(25-37)29(27)24-36)34-20-17-33(18-21-34,19-22-34)16-8-6-4-2/h11,13-15,23H,3-10,12,16-22H2,1-2H3. The lowest BCUT2D eigenvalue weighted by molar-refractivity contribution is 0.0304. The van der Waals surface area contributed by atoms with Crippen molar-refractivity contribution < 1.29 is 0 Å². The molecule has 0 heterocycles. The summed E-state index contributed by atoms with van der Waals surface area (Å²) in [6.45, 7) is 4.52. The molecule has 0 amide bonds. The third-order valence-electron chi connectivity index (χ3n) is 9.65. The van der Waals surface area contributed by atoms with Gasteiger partial charge in [0.05, 0.1) is 11.1 Å². The van der Waals surface area contributed by atoms with E-state index in [1.807, 2.05) is 0 Å². The number of nitrogens with zero attached hydrogens (tertiary/aromatic N) is 2. The van der Waals surface area contributed by atoms with Crippen molar-refractivity contribution in [3.05, 3.63) is 68.2 Å². The fraction of sp³-hybridized carbons (Fsp3) is 0.588. The first kappa shape index (κ1) is 27.9. The monoisotopic (exact) mass is 558 g/mol. The SMILES string of the molecule is CCCCCc1ccc(CCc2ccc(C34CCC(CCCCC)(CC3)CC4)c(C#N)c2C#N)cc1Br. The van der Waals surface area contributed by atoms with Crippen LogP contribution in [0.1, 0.15) is 131 Å². The molecule has 0 aromatic heterocycles. The number of benzene rings is 2. The van der Waals surface area contributed by atoms with Crippen LogP contribution >= 0.6 is 15.9 Å². The maximum atomic E-state index is 10.2. The Morgan fingerprint density at radius 1 is 0.730 bits per heavy atom. The van der Waals surface area contributed by atoms with Gasteiger partial charge in [-0.15, -0.1) is 0 Å². The van der Waals surface area contributed by atoms with Crippen LogP contribution in [-0.2, 0) is 24.7 Å². The predicted molar refractivity (Wildman–Crippen MR) is 157 cm³/mol. The van der Waals surface area contributed by atoms with Crippen LogP contribution in [0.5, 0.6) is 0 Å². The minimum absolute atomic E-state index is 0.0974. The maximum Gasteiger partial charge on any atom is 0.101 e. The maximum absolute atomic E-state index is 10.2. The summed E-state index contributed by atoms with van der Waals surface area (Å²) in [6.07, 6.45) is 19.3. The van der Waals surface area contributed by atoms with Gasteiger partial charge < -0.3 is 0 Å². The summed E-state index contributed by atoms with van der Waals surface area (Å²) in [7, 11) is 0. The van der Waals surface area contributed by atoms with Gasteiger partial charge in [0.1, 0.15) is 12.1 Å². The van der Waals surface area contributed by atoms with E-state index in [9.17, 15) is 10.5 Å². The van der Waals surface area contributed by atoms with Gasteiger partial charge in [-0.3, -0.25) is 0 Å². The third-order valence-corrected chi connectivity index (χ3v) is 10.4. The second-order valence-electron chi connectivity index (χ2n) is 11.9. The van der Waals surface area contributed by atoms with E-state index in [-0.39, 0.29) is 5.41 Å². The van der Waals surface area contributed by atoms with Crippen LogP contribution in [0.15, 0.2) is 34.8 Å². The van der Waals surface area contributed by atoms with Gasteiger partial charge in [0.15, 0.2) is 0 Å². The number of hydrogen-bond acceptors (Lipinski definition) is 2. The predicted octanol–water partition coefficient (Wildman–Crippen LogP) is 9.88. The summed E-state index contributed by atoms with van der Waals surface area (Å²) in [4.78, 5) is 0. The van der Waals surface area contributed by atoms with Gasteiger partial charge in [-0.05, 0) is 110 Å². The van der Waals surface area contributed by atoms with Crippen LogP contribution in [0, 0.1) is 28.1 Å². The molecule has 0 aliphatic heterocycles. The van der Waals surface area contributed by atoms with Crippen LogP contribution in [-0.4, -0.2) is 0 Å². The summed E-state index contributed by atoms with van der Waals surface area (Å²) in [5, 5.41) is 20.4. The number of unbranched alkanes of at least 4 members (excludes halogenated alkanes) is 4. The van der Waals surface area contributed by atoms with Crippen LogP contribution in [0.3, 0.4) is 0 Å². The molecule has 2 bridgehead atoms. The second kappa shape index (κ2) is 12.6. The molecule has 2 nitrogen and oxygen atoms in total. The molecule has 3 heteroatoms. The molecule has 3 aliphatic rings. The molecule has 196 valence electrons. The van der Waals surface area contributed by atoms with Crippen molar-refractivity contribution in [3.63, 3.8) is 0 Å². The van der Waals surface area contributed by atoms with Crippen molar-refractivity contribution in [1.82, 2.24) is 0 Å². The Balaban J connectivity index is 1.48. The van der Waals surface area contributed by atoms with Crippen molar-refractivity contribution >= 4 is 15.9 Å². The molecule has 3 aliphatic carbocycles. The molecule has 0 spiro atoms. The zero-order valence-corrected chi connectivity index (χ0v) is 24.6. The number of halogens is 1. The Morgan fingerprint density at radius 3 is 2.00 bits per heavy atom. The largest absolute Gasteiger partial charge is 0.192 e. The Bertz CT molecular complexity index is 1140. The Kier molecular flexibility index (Phi) is 9.53. The minimum atomic E-state index is 0.0974. The van der Waals surface area contributed by atoms with E-state index in [1.54, 1.807) is 0 Å². The molecule has 3 fully saturated rings. The highest BCUT2D eigenvalue weighted by molar-refractivity contribution is 9.10. The second-order valence-corrected chi connectivity index (χ2v) is 12.7. The van der Waals surface area contributed by atoms with E-state index in [0.717, 1.165) is 30.4 Å². The minimum Gasteiger partial charge on any atom is -0.192 e. The van der Waals surface area contributed by atoms with Crippen molar-refractivity contribution in [2.24, 2.45) is 5.41 Å². The van der Waals surface area contributed by atoms with Gasteiger partial charge in [0.25, 0.3) is 0 Å². The highest BCUT2D eigenvalue weighted by Gasteiger charge is 2.49. The summed E-state index contributed by atoms with van der Waals surface area (Å²) >= 11 is 3.77. The van der Waals surface area contributed by atoms with Gasteiger partial charge in [0, 0.05) is 4.47 Å². The number of rotatable bonds is 12. The average Bonchev–Trinajstić information content (AvgIpc) is 2.93. The number of hydrogen-bond donors (Lipinski definition) is 0. The number of aryl methyl sites for hydroxylation is 3. The zero-order valence-electron chi connectivity index (χ0n) is 23.0.